The van der Waals surface area contributed by atoms with Crippen LogP contribution in [0, 0.1) is 0 Å². The Morgan fingerprint density at radius 2 is 2.07 bits per heavy atom. The molecule has 0 radical (unpaired) electrons. The van der Waals surface area contributed by atoms with E-state index < -0.39 is 0 Å². The van der Waals surface area contributed by atoms with Crippen molar-refractivity contribution in [2.24, 2.45) is 0 Å². The number of hydrogen-bond donors (Lipinski definition) is 1. The van der Waals surface area contributed by atoms with E-state index in [2.05, 4.69) is 5.32 Å². The standard InChI is InChI=1S/C9H19BN2O2/c1-4-5-12(8(13)6-10)7(2)9(14)11-3/h7H,4-6,10H2,1-3H3,(H,11,14). The highest BCUT2D eigenvalue weighted by atomic mass is 16.2. The van der Waals surface area contributed by atoms with Crippen LogP contribution >= 0.6 is 0 Å². The van der Waals surface area contributed by atoms with Crippen molar-refractivity contribution in [3.63, 3.8) is 0 Å². The number of likely N-dealkylation sites (N-methyl/N-ethyl adjacent to an activating group) is 1. The summed E-state index contributed by atoms with van der Waals surface area (Å²) in [6.07, 6.45) is 1.31. The molecule has 0 heterocycles. The van der Waals surface area contributed by atoms with E-state index in [0.29, 0.717) is 12.9 Å². The van der Waals surface area contributed by atoms with E-state index in [1.165, 1.54) is 0 Å². The summed E-state index contributed by atoms with van der Waals surface area (Å²) in [6.45, 7) is 4.38. The summed E-state index contributed by atoms with van der Waals surface area (Å²) in [5.41, 5.74) is 0. The molecule has 0 aliphatic rings. The van der Waals surface area contributed by atoms with Gasteiger partial charge >= 0.3 is 0 Å². The lowest BCUT2D eigenvalue weighted by molar-refractivity contribution is -0.138. The predicted octanol–water partition coefficient (Wildman–Crippen LogP) is -0.589. The number of nitrogens with one attached hydrogen (secondary N) is 1. The Labute approximate surface area is 86.4 Å². The Morgan fingerprint density at radius 1 is 1.50 bits per heavy atom. The molecule has 0 saturated carbocycles. The molecule has 0 aromatic rings. The summed E-state index contributed by atoms with van der Waals surface area (Å²) in [7, 11) is 3.39. The second kappa shape index (κ2) is 6.46. The van der Waals surface area contributed by atoms with Crippen LogP contribution in [-0.4, -0.2) is 44.2 Å². The van der Waals surface area contributed by atoms with Crippen molar-refractivity contribution in [2.45, 2.75) is 32.6 Å². The van der Waals surface area contributed by atoms with Gasteiger partial charge in [0.1, 0.15) is 13.9 Å². The first-order chi connectivity index (χ1) is 6.58. The lowest BCUT2D eigenvalue weighted by Crippen LogP contribution is -2.47. The van der Waals surface area contributed by atoms with Crippen LogP contribution in [0.4, 0.5) is 0 Å². The number of amides is 2. The number of rotatable bonds is 5. The van der Waals surface area contributed by atoms with Crippen LogP contribution in [-0.2, 0) is 9.59 Å². The number of carbonyl (C=O) groups excluding carboxylic acids is 2. The summed E-state index contributed by atoms with van der Waals surface area (Å²) < 4.78 is 0. The van der Waals surface area contributed by atoms with Crippen molar-refractivity contribution >= 4 is 19.7 Å². The van der Waals surface area contributed by atoms with E-state index in [1.54, 1.807) is 18.9 Å². The van der Waals surface area contributed by atoms with Gasteiger partial charge < -0.3 is 10.2 Å². The second-order valence-electron chi connectivity index (χ2n) is 3.23. The maximum Gasteiger partial charge on any atom is 0.242 e. The average molecular weight is 198 g/mol. The van der Waals surface area contributed by atoms with Crippen LogP contribution in [0.25, 0.3) is 0 Å². The van der Waals surface area contributed by atoms with Crippen LogP contribution in [0.2, 0.25) is 6.32 Å². The highest BCUT2D eigenvalue weighted by molar-refractivity contribution is 6.19. The zero-order chi connectivity index (χ0) is 11.1. The Hall–Kier alpha value is -0.995. The number of hydrogen-bond acceptors (Lipinski definition) is 2. The quantitative estimate of drug-likeness (QED) is 0.600. The highest BCUT2D eigenvalue weighted by Gasteiger charge is 2.22. The fraction of sp³-hybridized carbons (Fsp3) is 0.778. The summed E-state index contributed by atoms with van der Waals surface area (Å²) in [4.78, 5) is 24.5. The third-order valence-corrected chi connectivity index (χ3v) is 2.18. The Morgan fingerprint density at radius 3 is 2.43 bits per heavy atom. The summed E-state index contributed by atoms with van der Waals surface area (Å²) in [5.74, 6) is -0.0804. The monoisotopic (exact) mass is 198 g/mol. The van der Waals surface area contributed by atoms with Gasteiger partial charge in [-0.15, -0.1) is 0 Å². The van der Waals surface area contributed by atoms with Gasteiger partial charge in [0.05, 0.1) is 0 Å². The topological polar surface area (TPSA) is 49.4 Å². The van der Waals surface area contributed by atoms with Gasteiger partial charge in [0, 0.05) is 13.6 Å². The molecule has 1 N–H and O–H groups in total. The molecule has 80 valence electrons. The molecular formula is C9H19BN2O2. The van der Waals surface area contributed by atoms with Gasteiger partial charge in [-0.25, -0.2) is 0 Å². The Kier molecular flexibility index (Phi) is 6.00. The van der Waals surface area contributed by atoms with Crippen molar-refractivity contribution in [3.8, 4) is 0 Å². The minimum Gasteiger partial charge on any atom is -0.357 e. The molecular weight excluding hydrogens is 179 g/mol. The molecule has 0 rings (SSSR count). The molecule has 2 amide bonds. The van der Waals surface area contributed by atoms with Crippen molar-refractivity contribution in [1.29, 1.82) is 0 Å². The SMILES string of the molecule is BCC(=O)N(CCC)C(C)C(=O)NC. The van der Waals surface area contributed by atoms with E-state index in [1.807, 2.05) is 14.8 Å². The third-order valence-electron chi connectivity index (χ3n) is 2.18. The first-order valence-corrected chi connectivity index (χ1v) is 5.09. The first kappa shape index (κ1) is 13.0. The van der Waals surface area contributed by atoms with Gasteiger partial charge in [-0.3, -0.25) is 9.59 Å². The summed E-state index contributed by atoms with van der Waals surface area (Å²) in [5, 5.41) is 2.55. The lowest BCUT2D eigenvalue weighted by atomic mass is 10.0. The van der Waals surface area contributed by atoms with Gasteiger partial charge in [-0.2, -0.15) is 0 Å². The van der Waals surface area contributed by atoms with Crippen molar-refractivity contribution in [2.75, 3.05) is 13.6 Å². The normalized spacial score (nSPS) is 11.9. The van der Waals surface area contributed by atoms with Crippen molar-refractivity contribution in [1.82, 2.24) is 10.2 Å². The van der Waals surface area contributed by atoms with Crippen LogP contribution in [0.15, 0.2) is 0 Å². The van der Waals surface area contributed by atoms with Crippen LogP contribution in [0.3, 0.4) is 0 Å². The molecule has 0 aromatic carbocycles. The van der Waals surface area contributed by atoms with Crippen molar-refractivity contribution < 1.29 is 9.59 Å². The van der Waals surface area contributed by atoms with E-state index in [0.717, 1.165) is 6.42 Å². The molecule has 1 unspecified atom stereocenters. The van der Waals surface area contributed by atoms with Gasteiger partial charge in [-0.05, 0) is 19.7 Å². The largest absolute Gasteiger partial charge is 0.357 e. The molecule has 0 bridgehead atoms. The maximum absolute atomic E-state index is 11.5. The minimum absolute atomic E-state index is 0.0305. The van der Waals surface area contributed by atoms with E-state index in [4.69, 9.17) is 0 Å². The molecule has 0 saturated heterocycles. The van der Waals surface area contributed by atoms with Crippen LogP contribution < -0.4 is 5.32 Å². The van der Waals surface area contributed by atoms with Gasteiger partial charge in [0.2, 0.25) is 11.8 Å². The molecule has 0 fully saturated rings. The summed E-state index contributed by atoms with van der Waals surface area (Å²) in [6, 6.07) is -0.368. The van der Waals surface area contributed by atoms with Gasteiger partial charge in [0.15, 0.2) is 0 Å². The Bertz CT molecular complexity index is 209. The summed E-state index contributed by atoms with van der Waals surface area (Å²) >= 11 is 0. The van der Waals surface area contributed by atoms with E-state index in [-0.39, 0.29) is 17.9 Å². The Balaban J connectivity index is 4.47. The van der Waals surface area contributed by atoms with Crippen LogP contribution in [0.1, 0.15) is 20.3 Å². The molecule has 0 aliphatic heterocycles. The van der Waals surface area contributed by atoms with E-state index >= 15 is 0 Å². The van der Waals surface area contributed by atoms with Gasteiger partial charge in [0.25, 0.3) is 0 Å². The molecule has 4 nitrogen and oxygen atoms in total. The molecule has 0 aromatic heterocycles. The minimum atomic E-state index is -0.368. The zero-order valence-corrected chi connectivity index (χ0v) is 9.46. The molecule has 14 heavy (non-hydrogen) atoms. The lowest BCUT2D eigenvalue weighted by Gasteiger charge is -2.27. The highest BCUT2D eigenvalue weighted by Crippen LogP contribution is 2.03. The fourth-order valence-corrected chi connectivity index (χ4v) is 1.33. The molecule has 0 aliphatic carbocycles. The number of nitrogens with zero attached hydrogens (tertiary/aromatic N) is 1. The van der Waals surface area contributed by atoms with Crippen LogP contribution in [0.5, 0.6) is 0 Å². The first-order valence-electron chi connectivity index (χ1n) is 5.09. The zero-order valence-electron chi connectivity index (χ0n) is 9.46. The molecule has 5 heteroatoms. The van der Waals surface area contributed by atoms with Gasteiger partial charge in [-0.1, -0.05) is 6.92 Å². The molecule has 0 spiro atoms. The second-order valence-corrected chi connectivity index (χ2v) is 3.23. The fourth-order valence-electron chi connectivity index (χ4n) is 1.33. The van der Waals surface area contributed by atoms with Crippen molar-refractivity contribution in [3.05, 3.63) is 0 Å². The van der Waals surface area contributed by atoms with E-state index in [9.17, 15) is 9.59 Å². The maximum atomic E-state index is 11.5. The smallest absolute Gasteiger partial charge is 0.242 e. The number of carbonyl (C=O) groups is 2. The molecule has 1 atom stereocenters. The predicted molar refractivity (Wildman–Crippen MR) is 58.9 cm³/mol. The third kappa shape index (κ3) is 3.40. The average Bonchev–Trinajstić information content (AvgIpc) is 2.22.